The summed E-state index contributed by atoms with van der Waals surface area (Å²) in [5, 5.41) is 20.0. The number of esters is 1. The maximum Gasteiger partial charge on any atom is 0.339 e. The summed E-state index contributed by atoms with van der Waals surface area (Å²) in [6.45, 7) is 5.23. The van der Waals surface area contributed by atoms with Gasteiger partial charge in [0.2, 0.25) is 0 Å². The topological polar surface area (TPSA) is 88.1 Å². The van der Waals surface area contributed by atoms with Crippen LogP contribution < -0.4 is 0 Å². The lowest BCUT2D eigenvalue weighted by atomic mass is 10.00. The molecule has 0 unspecified atom stereocenters. The molecular formula is C22H21N3O3. The number of aliphatic hydroxyl groups excluding tert-OH is 1. The first-order valence-corrected chi connectivity index (χ1v) is 8.82. The third-order valence-corrected chi connectivity index (χ3v) is 4.63. The van der Waals surface area contributed by atoms with Crippen LogP contribution in [-0.4, -0.2) is 27.2 Å². The number of carbonyl (C=O) groups is 1. The first-order chi connectivity index (χ1) is 13.3. The molecule has 0 saturated carbocycles. The number of aryl methyl sites for hydroxylation is 4. The van der Waals surface area contributed by atoms with E-state index < -0.39 is 12.6 Å². The quantitative estimate of drug-likeness (QED) is 0.420. The van der Waals surface area contributed by atoms with Gasteiger partial charge in [-0.05, 0) is 44.0 Å². The summed E-state index contributed by atoms with van der Waals surface area (Å²) >= 11 is 0. The lowest BCUT2D eigenvalue weighted by Gasteiger charge is -2.11. The van der Waals surface area contributed by atoms with Gasteiger partial charge in [-0.25, -0.2) is 9.78 Å². The standard InChI is InChI=1S/C22H21N3O3/c1-13-9-14(2)20(15(3)10-13)22(27)28-12-19(26)16(11-23)21-24-17-7-5-6-8-18(17)25(21)4/h5-10,26H,12H2,1-4H3/b19-16-. The molecule has 0 fully saturated rings. The number of imidazole rings is 1. The number of aromatic nitrogens is 2. The Labute approximate surface area is 163 Å². The Kier molecular flexibility index (Phi) is 5.18. The van der Waals surface area contributed by atoms with Crippen molar-refractivity contribution in [2.45, 2.75) is 20.8 Å². The largest absolute Gasteiger partial charge is 0.507 e. The van der Waals surface area contributed by atoms with Gasteiger partial charge >= 0.3 is 5.97 Å². The Hall–Kier alpha value is -3.59. The van der Waals surface area contributed by atoms with E-state index in [2.05, 4.69) is 4.98 Å². The highest BCUT2D eigenvalue weighted by atomic mass is 16.5. The molecule has 3 aromatic rings. The van der Waals surface area contributed by atoms with Crippen molar-refractivity contribution in [1.82, 2.24) is 9.55 Å². The van der Waals surface area contributed by atoms with E-state index in [0.717, 1.165) is 22.2 Å². The number of ether oxygens (including phenoxy) is 1. The van der Waals surface area contributed by atoms with Gasteiger partial charge in [-0.3, -0.25) is 0 Å². The highest BCUT2D eigenvalue weighted by Gasteiger charge is 2.19. The normalized spacial score (nSPS) is 11.8. The van der Waals surface area contributed by atoms with Crippen LogP contribution in [0.25, 0.3) is 16.6 Å². The molecule has 6 nitrogen and oxygen atoms in total. The number of carbonyl (C=O) groups excluding carboxylic acids is 1. The number of hydrogen-bond acceptors (Lipinski definition) is 5. The Bertz CT molecular complexity index is 1130. The van der Waals surface area contributed by atoms with E-state index in [0.29, 0.717) is 16.9 Å². The number of rotatable bonds is 4. The van der Waals surface area contributed by atoms with Gasteiger partial charge in [0.1, 0.15) is 18.2 Å². The Morgan fingerprint density at radius 3 is 2.46 bits per heavy atom. The molecule has 0 aliphatic rings. The Morgan fingerprint density at radius 1 is 1.21 bits per heavy atom. The number of nitriles is 1. The van der Waals surface area contributed by atoms with Crippen molar-refractivity contribution in [2.75, 3.05) is 6.61 Å². The molecule has 0 aliphatic heterocycles. The van der Waals surface area contributed by atoms with Gasteiger partial charge in [0.15, 0.2) is 11.6 Å². The zero-order valence-corrected chi connectivity index (χ0v) is 16.3. The lowest BCUT2D eigenvalue weighted by molar-refractivity contribution is 0.0501. The Morgan fingerprint density at radius 2 is 1.86 bits per heavy atom. The number of hydrogen-bond donors (Lipinski definition) is 1. The van der Waals surface area contributed by atoms with Crippen molar-refractivity contribution in [2.24, 2.45) is 7.05 Å². The molecule has 1 N–H and O–H groups in total. The minimum Gasteiger partial charge on any atom is -0.507 e. The highest BCUT2D eigenvalue weighted by molar-refractivity contribution is 5.93. The van der Waals surface area contributed by atoms with E-state index in [1.165, 1.54) is 0 Å². The number of benzene rings is 2. The number of allylic oxidation sites excluding steroid dienone is 1. The van der Waals surface area contributed by atoms with Crippen molar-refractivity contribution >= 4 is 22.6 Å². The maximum atomic E-state index is 12.5. The van der Waals surface area contributed by atoms with Crippen molar-refractivity contribution in [3.8, 4) is 6.07 Å². The first kappa shape index (κ1) is 19.2. The third kappa shape index (κ3) is 3.47. The lowest BCUT2D eigenvalue weighted by Crippen LogP contribution is -2.12. The molecule has 0 bridgehead atoms. The van der Waals surface area contributed by atoms with Crippen molar-refractivity contribution in [3.63, 3.8) is 0 Å². The fourth-order valence-corrected chi connectivity index (χ4v) is 3.39. The summed E-state index contributed by atoms with van der Waals surface area (Å²) < 4.78 is 7.00. The van der Waals surface area contributed by atoms with Crippen LogP contribution in [0.3, 0.4) is 0 Å². The number of aliphatic hydroxyl groups is 1. The van der Waals surface area contributed by atoms with Gasteiger partial charge in [0, 0.05) is 7.05 Å². The van der Waals surface area contributed by atoms with Crippen molar-refractivity contribution < 1.29 is 14.6 Å². The van der Waals surface area contributed by atoms with Crippen LogP contribution in [0.2, 0.25) is 0 Å². The first-order valence-electron chi connectivity index (χ1n) is 8.82. The summed E-state index contributed by atoms with van der Waals surface area (Å²) in [5.41, 5.74) is 4.67. The van der Waals surface area contributed by atoms with Crippen LogP contribution in [-0.2, 0) is 11.8 Å². The summed E-state index contributed by atoms with van der Waals surface area (Å²) in [6.07, 6.45) is 0. The second kappa shape index (κ2) is 7.57. The van der Waals surface area contributed by atoms with Crippen LogP contribution in [0.4, 0.5) is 0 Å². The van der Waals surface area contributed by atoms with E-state index in [1.807, 2.05) is 63.2 Å². The van der Waals surface area contributed by atoms with E-state index in [-0.39, 0.29) is 11.3 Å². The zero-order valence-electron chi connectivity index (χ0n) is 16.3. The predicted molar refractivity (Wildman–Crippen MR) is 107 cm³/mol. The van der Waals surface area contributed by atoms with E-state index in [9.17, 15) is 15.2 Å². The molecule has 0 radical (unpaired) electrons. The molecule has 0 aliphatic carbocycles. The molecule has 0 spiro atoms. The van der Waals surface area contributed by atoms with E-state index >= 15 is 0 Å². The van der Waals surface area contributed by atoms with Gasteiger partial charge < -0.3 is 14.4 Å². The zero-order chi connectivity index (χ0) is 20.4. The van der Waals surface area contributed by atoms with Crippen LogP contribution in [0, 0.1) is 32.1 Å². The molecule has 3 rings (SSSR count). The molecule has 0 atom stereocenters. The molecule has 0 amide bonds. The molecule has 6 heteroatoms. The SMILES string of the molecule is Cc1cc(C)c(C(=O)OC/C(O)=C(\C#N)c2nc3ccccc3n2C)c(C)c1. The second-order valence-electron chi connectivity index (χ2n) is 6.77. The van der Waals surface area contributed by atoms with Gasteiger partial charge in [-0.2, -0.15) is 5.26 Å². The molecule has 28 heavy (non-hydrogen) atoms. The van der Waals surface area contributed by atoms with Crippen LogP contribution in [0.15, 0.2) is 42.2 Å². The molecule has 2 aromatic carbocycles. The summed E-state index contributed by atoms with van der Waals surface area (Å²) in [4.78, 5) is 16.9. The van der Waals surface area contributed by atoms with Crippen LogP contribution >= 0.6 is 0 Å². The molecular weight excluding hydrogens is 354 g/mol. The molecule has 1 aromatic heterocycles. The molecule has 142 valence electrons. The monoisotopic (exact) mass is 375 g/mol. The maximum absolute atomic E-state index is 12.5. The van der Waals surface area contributed by atoms with Gasteiger partial charge in [-0.15, -0.1) is 0 Å². The number of fused-ring (bicyclic) bond motifs is 1. The molecule has 0 saturated heterocycles. The smallest absolute Gasteiger partial charge is 0.339 e. The summed E-state index contributed by atoms with van der Waals surface area (Å²) in [7, 11) is 1.76. The van der Waals surface area contributed by atoms with Crippen LogP contribution in [0.1, 0.15) is 32.9 Å². The Balaban J connectivity index is 1.88. The third-order valence-electron chi connectivity index (χ3n) is 4.63. The predicted octanol–water partition coefficient (Wildman–Crippen LogP) is 4.15. The second-order valence-corrected chi connectivity index (χ2v) is 6.77. The van der Waals surface area contributed by atoms with Crippen molar-refractivity contribution in [3.05, 3.63) is 70.2 Å². The van der Waals surface area contributed by atoms with Gasteiger partial charge in [0.25, 0.3) is 0 Å². The minimum atomic E-state index is -0.538. The molecule has 1 heterocycles. The number of nitrogens with zero attached hydrogens (tertiary/aromatic N) is 3. The fourth-order valence-electron chi connectivity index (χ4n) is 3.39. The highest BCUT2D eigenvalue weighted by Crippen LogP contribution is 2.23. The fraction of sp³-hybridized carbons (Fsp3) is 0.227. The average molecular weight is 375 g/mol. The van der Waals surface area contributed by atoms with Crippen LogP contribution in [0.5, 0.6) is 0 Å². The van der Waals surface area contributed by atoms with Gasteiger partial charge in [0.05, 0.1) is 16.6 Å². The van der Waals surface area contributed by atoms with E-state index in [1.54, 1.807) is 11.6 Å². The van der Waals surface area contributed by atoms with Crippen molar-refractivity contribution in [1.29, 1.82) is 5.26 Å². The number of para-hydroxylation sites is 2. The summed E-state index contributed by atoms with van der Waals surface area (Å²) in [6, 6.07) is 13.2. The van der Waals surface area contributed by atoms with Gasteiger partial charge in [-0.1, -0.05) is 29.8 Å². The average Bonchev–Trinajstić information content (AvgIpc) is 2.97. The minimum absolute atomic E-state index is 0.0242. The summed E-state index contributed by atoms with van der Waals surface area (Å²) in [5.74, 6) is -0.555. The van der Waals surface area contributed by atoms with E-state index in [4.69, 9.17) is 4.74 Å².